The molecule has 2 aromatic carbocycles. The Morgan fingerprint density at radius 3 is 2.34 bits per heavy atom. The van der Waals surface area contributed by atoms with E-state index in [1.165, 1.54) is 6.20 Å². The van der Waals surface area contributed by atoms with Crippen molar-refractivity contribution in [1.82, 2.24) is 0 Å². The van der Waals surface area contributed by atoms with Crippen LogP contribution in [0.5, 0.6) is 0 Å². The zero-order chi connectivity index (χ0) is 21.4. The molecule has 0 unspecified atom stereocenters. The van der Waals surface area contributed by atoms with E-state index in [0.29, 0.717) is 17.9 Å². The molecule has 0 heterocycles. The standard InChI is InChI=1S/C23H25N3O3/c1-5-29-22(28)16-10-12-18(13-11-16)26-21(27)17(14-24)15-25-20-9-7-6-8-19(20)23(2,3)4/h6-13,15,25H,5H2,1-4H3,(H,26,27)/b17-15-. The van der Waals surface area contributed by atoms with Gasteiger partial charge in [0.1, 0.15) is 11.6 Å². The molecule has 0 bridgehead atoms. The Kier molecular flexibility index (Phi) is 7.15. The lowest BCUT2D eigenvalue weighted by molar-refractivity contribution is -0.112. The van der Waals surface area contributed by atoms with Crippen molar-refractivity contribution in [2.24, 2.45) is 0 Å². The number of esters is 1. The molecule has 150 valence electrons. The molecule has 6 nitrogen and oxygen atoms in total. The number of nitrogens with zero attached hydrogens (tertiary/aromatic N) is 1. The summed E-state index contributed by atoms with van der Waals surface area (Å²) in [5, 5.41) is 15.1. The number of nitrogens with one attached hydrogen (secondary N) is 2. The molecule has 2 aromatic rings. The highest BCUT2D eigenvalue weighted by molar-refractivity contribution is 6.07. The summed E-state index contributed by atoms with van der Waals surface area (Å²) in [4.78, 5) is 24.1. The van der Waals surface area contributed by atoms with E-state index < -0.39 is 11.9 Å². The van der Waals surface area contributed by atoms with Gasteiger partial charge in [-0.2, -0.15) is 5.26 Å². The number of benzene rings is 2. The molecule has 29 heavy (non-hydrogen) atoms. The average molecular weight is 391 g/mol. The summed E-state index contributed by atoms with van der Waals surface area (Å²) in [6.07, 6.45) is 1.40. The summed E-state index contributed by atoms with van der Waals surface area (Å²) in [6, 6.07) is 15.9. The molecule has 0 spiro atoms. The van der Waals surface area contributed by atoms with Crippen LogP contribution in [0, 0.1) is 11.3 Å². The summed E-state index contributed by atoms with van der Waals surface area (Å²) in [7, 11) is 0. The number of amides is 1. The van der Waals surface area contributed by atoms with Crippen LogP contribution in [0.15, 0.2) is 60.3 Å². The first-order valence-electron chi connectivity index (χ1n) is 9.31. The molecule has 0 saturated heterocycles. The predicted octanol–water partition coefficient (Wildman–Crippen LogP) is 4.62. The maximum Gasteiger partial charge on any atom is 0.338 e. The highest BCUT2D eigenvalue weighted by atomic mass is 16.5. The second kappa shape index (κ2) is 9.56. The molecule has 2 rings (SSSR count). The normalized spacial score (nSPS) is 11.3. The minimum atomic E-state index is -0.544. The zero-order valence-electron chi connectivity index (χ0n) is 17.1. The van der Waals surface area contributed by atoms with Crippen LogP contribution >= 0.6 is 0 Å². The number of para-hydroxylation sites is 1. The van der Waals surface area contributed by atoms with E-state index in [0.717, 1.165) is 11.3 Å². The van der Waals surface area contributed by atoms with Crippen LogP contribution in [0.25, 0.3) is 0 Å². The quantitative estimate of drug-likeness (QED) is 0.426. The number of hydrogen-bond acceptors (Lipinski definition) is 5. The van der Waals surface area contributed by atoms with Crippen LogP contribution in [-0.4, -0.2) is 18.5 Å². The monoisotopic (exact) mass is 391 g/mol. The molecular weight excluding hydrogens is 366 g/mol. The number of nitriles is 1. The van der Waals surface area contributed by atoms with Gasteiger partial charge in [-0.1, -0.05) is 39.0 Å². The van der Waals surface area contributed by atoms with E-state index in [2.05, 4.69) is 31.4 Å². The number of hydrogen-bond donors (Lipinski definition) is 2. The topological polar surface area (TPSA) is 91.2 Å². The van der Waals surface area contributed by atoms with Gasteiger partial charge in [0.2, 0.25) is 0 Å². The second-order valence-corrected chi connectivity index (χ2v) is 7.36. The number of anilines is 2. The summed E-state index contributed by atoms with van der Waals surface area (Å²) in [5.41, 5.74) is 2.61. The first kappa shape index (κ1) is 21.7. The largest absolute Gasteiger partial charge is 0.462 e. The molecular formula is C23H25N3O3. The molecule has 0 aromatic heterocycles. The van der Waals surface area contributed by atoms with Crippen molar-refractivity contribution >= 4 is 23.3 Å². The van der Waals surface area contributed by atoms with E-state index in [9.17, 15) is 14.9 Å². The zero-order valence-corrected chi connectivity index (χ0v) is 17.1. The predicted molar refractivity (Wildman–Crippen MR) is 113 cm³/mol. The minimum Gasteiger partial charge on any atom is -0.462 e. The number of carbonyl (C=O) groups excluding carboxylic acids is 2. The summed E-state index contributed by atoms with van der Waals surface area (Å²) < 4.78 is 4.93. The number of rotatable bonds is 6. The molecule has 2 N–H and O–H groups in total. The first-order valence-corrected chi connectivity index (χ1v) is 9.31. The Bertz CT molecular complexity index is 949. The Hall–Kier alpha value is -3.59. The van der Waals surface area contributed by atoms with E-state index >= 15 is 0 Å². The van der Waals surface area contributed by atoms with Gasteiger partial charge in [0.05, 0.1) is 12.2 Å². The lowest BCUT2D eigenvalue weighted by Crippen LogP contribution is -2.16. The fraction of sp³-hybridized carbons (Fsp3) is 0.261. The van der Waals surface area contributed by atoms with Crippen molar-refractivity contribution in [2.75, 3.05) is 17.2 Å². The van der Waals surface area contributed by atoms with Gasteiger partial charge < -0.3 is 15.4 Å². The maximum atomic E-state index is 12.4. The van der Waals surface area contributed by atoms with Gasteiger partial charge in [0.15, 0.2) is 0 Å². The van der Waals surface area contributed by atoms with Gasteiger partial charge in [0, 0.05) is 17.6 Å². The number of carbonyl (C=O) groups is 2. The van der Waals surface area contributed by atoms with Crippen LogP contribution in [-0.2, 0) is 14.9 Å². The van der Waals surface area contributed by atoms with E-state index in [-0.39, 0.29) is 11.0 Å². The smallest absolute Gasteiger partial charge is 0.338 e. The van der Waals surface area contributed by atoms with Gasteiger partial charge in [-0.25, -0.2) is 4.79 Å². The van der Waals surface area contributed by atoms with E-state index in [4.69, 9.17) is 4.74 Å². The summed E-state index contributed by atoms with van der Waals surface area (Å²) >= 11 is 0. The third-order valence-electron chi connectivity index (χ3n) is 4.13. The Labute approximate surface area is 171 Å². The molecule has 0 atom stereocenters. The van der Waals surface area contributed by atoms with Crippen molar-refractivity contribution < 1.29 is 14.3 Å². The first-order chi connectivity index (χ1) is 13.8. The average Bonchev–Trinajstić information content (AvgIpc) is 2.68. The highest BCUT2D eigenvalue weighted by Gasteiger charge is 2.17. The van der Waals surface area contributed by atoms with Gasteiger partial charge >= 0.3 is 5.97 Å². The fourth-order valence-corrected chi connectivity index (χ4v) is 2.66. The summed E-state index contributed by atoms with van der Waals surface area (Å²) in [6.45, 7) is 8.30. The molecule has 0 fully saturated rings. The SMILES string of the molecule is CCOC(=O)c1ccc(NC(=O)/C(C#N)=C\Nc2ccccc2C(C)(C)C)cc1. The Morgan fingerprint density at radius 2 is 1.76 bits per heavy atom. The second-order valence-electron chi connectivity index (χ2n) is 7.36. The molecule has 6 heteroatoms. The van der Waals surface area contributed by atoms with Crippen LogP contribution < -0.4 is 10.6 Å². The van der Waals surface area contributed by atoms with Gasteiger partial charge in [-0.15, -0.1) is 0 Å². The van der Waals surface area contributed by atoms with Crippen molar-refractivity contribution in [3.63, 3.8) is 0 Å². The summed E-state index contributed by atoms with van der Waals surface area (Å²) in [5.74, 6) is -0.971. The van der Waals surface area contributed by atoms with Crippen molar-refractivity contribution in [2.45, 2.75) is 33.1 Å². The van der Waals surface area contributed by atoms with Crippen molar-refractivity contribution in [3.05, 3.63) is 71.4 Å². The fourth-order valence-electron chi connectivity index (χ4n) is 2.66. The molecule has 0 saturated carbocycles. The molecule has 0 aliphatic rings. The van der Waals surface area contributed by atoms with Crippen molar-refractivity contribution in [3.8, 4) is 6.07 Å². The van der Waals surface area contributed by atoms with Crippen LogP contribution in [0.4, 0.5) is 11.4 Å². The Morgan fingerprint density at radius 1 is 1.10 bits per heavy atom. The lowest BCUT2D eigenvalue weighted by atomic mass is 9.86. The minimum absolute atomic E-state index is 0.0665. The lowest BCUT2D eigenvalue weighted by Gasteiger charge is -2.22. The Balaban J connectivity index is 2.12. The van der Waals surface area contributed by atoms with Crippen molar-refractivity contribution in [1.29, 1.82) is 5.26 Å². The maximum absolute atomic E-state index is 12.4. The van der Waals surface area contributed by atoms with E-state index in [1.54, 1.807) is 31.2 Å². The van der Waals surface area contributed by atoms with Crippen LogP contribution in [0.3, 0.4) is 0 Å². The number of ether oxygens (including phenoxy) is 1. The molecule has 0 aliphatic carbocycles. The van der Waals surface area contributed by atoms with Gasteiger partial charge in [0.25, 0.3) is 5.91 Å². The van der Waals surface area contributed by atoms with Crippen LogP contribution in [0.2, 0.25) is 0 Å². The van der Waals surface area contributed by atoms with Gasteiger partial charge in [-0.05, 0) is 48.2 Å². The third-order valence-corrected chi connectivity index (χ3v) is 4.13. The molecule has 0 radical (unpaired) electrons. The van der Waals surface area contributed by atoms with Crippen LogP contribution in [0.1, 0.15) is 43.6 Å². The molecule has 0 aliphatic heterocycles. The molecule has 1 amide bonds. The highest BCUT2D eigenvalue weighted by Crippen LogP contribution is 2.29. The third kappa shape index (κ3) is 5.94. The van der Waals surface area contributed by atoms with E-state index in [1.807, 2.05) is 30.3 Å². The van der Waals surface area contributed by atoms with Gasteiger partial charge in [-0.3, -0.25) is 4.79 Å².